The lowest BCUT2D eigenvalue weighted by atomic mass is 9.90. The van der Waals surface area contributed by atoms with Gasteiger partial charge in [0.05, 0.1) is 6.54 Å². The molecular weight excluding hydrogens is 236 g/mol. The van der Waals surface area contributed by atoms with E-state index in [9.17, 15) is 9.59 Å². The Morgan fingerprint density at radius 1 is 1.50 bits per heavy atom. The number of hydrogen-bond acceptors (Lipinski definition) is 4. The lowest BCUT2D eigenvalue weighted by Crippen LogP contribution is -2.49. The van der Waals surface area contributed by atoms with Crippen molar-refractivity contribution in [3.63, 3.8) is 0 Å². The molecule has 0 heterocycles. The van der Waals surface area contributed by atoms with Gasteiger partial charge in [0.1, 0.15) is 5.41 Å². The third-order valence-corrected chi connectivity index (χ3v) is 2.95. The van der Waals surface area contributed by atoms with Gasteiger partial charge in [-0.05, 0) is 26.7 Å². The van der Waals surface area contributed by atoms with Crippen LogP contribution in [0, 0.1) is 5.41 Å². The van der Waals surface area contributed by atoms with Gasteiger partial charge in [-0.1, -0.05) is 5.16 Å². The van der Waals surface area contributed by atoms with Crippen LogP contribution in [0.2, 0.25) is 0 Å². The maximum atomic E-state index is 12.1. The maximum absolute atomic E-state index is 12.1. The molecule has 0 radical (unpaired) electrons. The van der Waals surface area contributed by atoms with Gasteiger partial charge in [-0.2, -0.15) is 0 Å². The Bertz CT molecular complexity index is 374. The molecule has 0 aromatic heterocycles. The van der Waals surface area contributed by atoms with E-state index in [-0.39, 0.29) is 30.2 Å². The van der Waals surface area contributed by atoms with Crippen LogP contribution in [0.1, 0.15) is 26.7 Å². The number of rotatable bonds is 5. The van der Waals surface area contributed by atoms with Crippen molar-refractivity contribution in [1.82, 2.24) is 10.2 Å². The molecule has 0 saturated heterocycles. The predicted octanol–water partition coefficient (Wildman–Crippen LogP) is -0.504. The Morgan fingerprint density at radius 2 is 2.06 bits per heavy atom. The molecule has 1 fully saturated rings. The lowest BCUT2D eigenvalue weighted by Gasteiger charge is -2.27. The van der Waals surface area contributed by atoms with Gasteiger partial charge < -0.3 is 21.2 Å². The number of carbonyl (C=O) groups is 2. The van der Waals surface area contributed by atoms with Crippen molar-refractivity contribution in [1.29, 1.82) is 0 Å². The fourth-order valence-electron chi connectivity index (χ4n) is 1.50. The van der Waals surface area contributed by atoms with Gasteiger partial charge in [0, 0.05) is 13.1 Å². The fourth-order valence-corrected chi connectivity index (χ4v) is 1.50. The Labute approximate surface area is 106 Å². The van der Waals surface area contributed by atoms with Crippen molar-refractivity contribution in [2.24, 2.45) is 16.3 Å². The van der Waals surface area contributed by atoms with Crippen molar-refractivity contribution < 1.29 is 14.8 Å². The normalized spacial score (nSPS) is 16.3. The summed E-state index contributed by atoms with van der Waals surface area (Å²) in [6, 6.07) is 0.262. The van der Waals surface area contributed by atoms with Crippen LogP contribution in [0.4, 0.5) is 0 Å². The highest BCUT2D eigenvalue weighted by atomic mass is 16.4. The molecule has 102 valence electrons. The molecule has 2 amide bonds. The van der Waals surface area contributed by atoms with Crippen LogP contribution in [-0.4, -0.2) is 47.4 Å². The average molecular weight is 256 g/mol. The first kappa shape index (κ1) is 14.3. The standard InChI is InChI=1S/C11H20N4O3/c1-11(2,9(12)14-18)10(17)15(3)6-8(16)13-7-4-5-7/h7,18H,4-6H2,1-3H3,(H2,12,14)(H,13,16). The average Bonchev–Trinajstić information content (AvgIpc) is 3.10. The van der Waals surface area contributed by atoms with Crippen molar-refractivity contribution in [2.45, 2.75) is 32.7 Å². The van der Waals surface area contributed by atoms with Gasteiger partial charge in [-0.15, -0.1) is 0 Å². The molecule has 0 aromatic rings. The minimum Gasteiger partial charge on any atom is -0.409 e. The number of hydrogen-bond donors (Lipinski definition) is 3. The molecule has 1 aliphatic carbocycles. The van der Waals surface area contributed by atoms with Crippen LogP contribution in [0.25, 0.3) is 0 Å². The topological polar surface area (TPSA) is 108 Å². The summed E-state index contributed by atoms with van der Waals surface area (Å²) in [6.45, 7) is 3.05. The van der Waals surface area contributed by atoms with Crippen LogP contribution < -0.4 is 11.1 Å². The molecule has 18 heavy (non-hydrogen) atoms. The highest BCUT2D eigenvalue weighted by Gasteiger charge is 2.36. The molecule has 0 aliphatic heterocycles. The number of nitrogens with two attached hydrogens (primary N) is 1. The second-order valence-electron chi connectivity index (χ2n) is 5.11. The molecule has 1 saturated carbocycles. The first-order valence-electron chi connectivity index (χ1n) is 5.82. The SMILES string of the molecule is CN(CC(=O)NC1CC1)C(=O)C(C)(C)C(N)=NO. The second-order valence-corrected chi connectivity index (χ2v) is 5.11. The first-order chi connectivity index (χ1) is 8.28. The maximum Gasteiger partial charge on any atom is 0.239 e. The number of nitrogens with one attached hydrogen (secondary N) is 1. The van der Waals surface area contributed by atoms with E-state index in [0.717, 1.165) is 12.8 Å². The van der Waals surface area contributed by atoms with Crippen LogP contribution in [0.5, 0.6) is 0 Å². The third kappa shape index (κ3) is 3.35. The number of likely N-dealkylation sites (N-methyl/N-ethyl adjacent to an activating group) is 1. The molecule has 7 heteroatoms. The Kier molecular flexibility index (Phi) is 4.15. The summed E-state index contributed by atoms with van der Waals surface area (Å²) in [5.41, 5.74) is 4.33. The van der Waals surface area contributed by atoms with Crippen LogP contribution in [-0.2, 0) is 9.59 Å². The van der Waals surface area contributed by atoms with Crippen LogP contribution in [0.15, 0.2) is 5.16 Å². The highest BCUT2D eigenvalue weighted by Crippen LogP contribution is 2.20. The number of amides is 2. The predicted molar refractivity (Wildman–Crippen MR) is 66.0 cm³/mol. The largest absolute Gasteiger partial charge is 0.409 e. The van der Waals surface area contributed by atoms with Gasteiger partial charge in [0.15, 0.2) is 5.84 Å². The zero-order valence-corrected chi connectivity index (χ0v) is 10.9. The summed E-state index contributed by atoms with van der Waals surface area (Å²) in [4.78, 5) is 24.9. The molecule has 0 spiro atoms. The summed E-state index contributed by atoms with van der Waals surface area (Å²) in [6.07, 6.45) is 2.00. The number of oxime groups is 1. The lowest BCUT2D eigenvalue weighted by molar-refractivity contribution is -0.139. The molecule has 0 bridgehead atoms. The molecular formula is C11H20N4O3. The summed E-state index contributed by atoms with van der Waals surface area (Å²) in [5, 5.41) is 14.3. The van der Waals surface area contributed by atoms with Crippen LogP contribution in [0.3, 0.4) is 0 Å². The molecule has 7 nitrogen and oxygen atoms in total. The Morgan fingerprint density at radius 3 is 2.50 bits per heavy atom. The summed E-state index contributed by atoms with van der Waals surface area (Å²) in [5.74, 6) is -0.741. The molecule has 0 atom stereocenters. The van der Waals surface area contributed by atoms with E-state index in [2.05, 4.69) is 10.5 Å². The van der Waals surface area contributed by atoms with Crippen LogP contribution >= 0.6 is 0 Å². The molecule has 1 aliphatic rings. The Hall–Kier alpha value is -1.79. The second kappa shape index (κ2) is 5.24. The van der Waals surface area contributed by atoms with E-state index in [1.165, 1.54) is 11.9 Å². The van der Waals surface area contributed by atoms with Gasteiger partial charge in [0.2, 0.25) is 11.8 Å². The fraction of sp³-hybridized carbons (Fsp3) is 0.727. The molecule has 0 unspecified atom stereocenters. The number of amidine groups is 1. The Balaban J connectivity index is 2.56. The molecule has 0 aromatic carbocycles. The first-order valence-corrected chi connectivity index (χ1v) is 5.82. The minimum atomic E-state index is -1.14. The summed E-state index contributed by atoms with van der Waals surface area (Å²) >= 11 is 0. The van der Waals surface area contributed by atoms with Gasteiger partial charge >= 0.3 is 0 Å². The third-order valence-electron chi connectivity index (χ3n) is 2.95. The molecule has 4 N–H and O–H groups in total. The number of carbonyl (C=O) groups excluding carboxylic acids is 2. The van der Waals surface area contributed by atoms with E-state index in [1.807, 2.05) is 0 Å². The van der Waals surface area contributed by atoms with Crippen molar-refractivity contribution >= 4 is 17.6 Å². The van der Waals surface area contributed by atoms with E-state index >= 15 is 0 Å². The molecule has 1 rings (SSSR count). The zero-order chi connectivity index (χ0) is 13.9. The van der Waals surface area contributed by atoms with E-state index in [1.54, 1.807) is 13.8 Å². The van der Waals surface area contributed by atoms with Crippen molar-refractivity contribution in [2.75, 3.05) is 13.6 Å². The van der Waals surface area contributed by atoms with Crippen molar-refractivity contribution in [3.8, 4) is 0 Å². The van der Waals surface area contributed by atoms with E-state index < -0.39 is 5.41 Å². The monoisotopic (exact) mass is 256 g/mol. The van der Waals surface area contributed by atoms with E-state index in [4.69, 9.17) is 10.9 Å². The summed E-state index contributed by atoms with van der Waals surface area (Å²) in [7, 11) is 1.52. The zero-order valence-electron chi connectivity index (χ0n) is 10.9. The summed E-state index contributed by atoms with van der Waals surface area (Å²) < 4.78 is 0. The quantitative estimate of drug-likeness (QED) is 0.266. The smallest absolute Gasteiger partial charge is 0.239 e. The van der Waals surface area contributed by atoms with E-state index in [0.29, 0.717) is 0 Å². The number of nitrogens with zero attached hydrogens (tertiary/aromatic N) is 2. The van der Waals surface area contributed by atoms with Gasteiger partial charge in [-0.3, -0.25) is 9.59 Å². The van der Waals surface area contributed by atoms with Crippen molar-refractivity contribution in [3.05, 3.63) is 0 Å². The van der Waals surface area contributed by atoms with Gasteiger partial charge in [0.25, 0.3) is 0 Å². The van der Waals surface area contributed by atoms with Gasteiger partial charge in [-0.25, -0.2) is 0 Å². The minimum absolute atomic E-state index is 0.0303. The highest BCUT2D eigenvalue weighted by molar-refractivity contribution is 6.06.